The summed E-state index contributed by atoms with van der Waals surface area (Å²) in [6, 6.07) is 0. The molecule has 0 spiro atoms. The van der Waals surface area contributed by atoms with Gasteiger partial charge in [-0.15, -0.1) is 0 Å². The van der Waals surface area contributed by atoms with E-state index in [0.717, 1.165) is 25.7 Å². The van der Waals surface area contributed by atoms with Crippen molar-refractivity contribution in [3.63, 3.8) is 0 Å². The van der Waals surface area contributed by atoms with Crippen LogP contribution < -0.4 is 0 Å². The first-order valence-electron chi connectivity index (χ1n) is 6.99. The zero-order chi connectivity index (χ0) is 13.0. The number of rotatable bonds is 12. The van der Waals surface area contributed by atoms with Gasteiger partial charge in [-0.3, -0.25) is 4.57 Å². The Morgan fingerprint density at radius 3 is 1.53 bits per heavy atom. The second-order valence-corrected chi connectivity index (χ2v) is 6.62. The standard InChI is InChI=1S/C13H29O3P/c1-4-6-8-10-12-15-17(3,14)16-13-11-9-7-5-2/h4-13H2,1-3H3. The van der Waals surface area contributed by atoms with E-state index in [4.69, 9.17) is 9.05 Å². The van der Waals surface area contributed by atoms with Crippen LogP contribution in [-0.2, 0) is 13.6 Å². The molecule has 0 aromatic rings. The number of unbranched alkanes of at least 4 members (excludes halogenated alkanes) is 6. The average Bonchev–Trinajstić information content (AvgIpc) is 2.28. The minimum Gasteiger partial charge on any atom is -0.309 e. The quantitative estimate of drug-likeness (QED) is 0.367. The van der Waals surface area contributed by atoms with Gasteiger partial charge in [0.25, 0.3) is 0 Å². The SMILES string of the molecule is CCCCCCOP(C)(=O)OCCCCCC. The van der Waals surface area contributed by atoms with Crippen molar-refractivity contribution in [1.82, 2.24) is 0 Å². The maximum absolute atomic E-state index is 11.8. The summed E-state index contributed by atoms with van der Waals surface area (Å²) in [6.45, 7) is 7.04. The van der Waals surface area contributed by atoms with E-state index in [1.165, 1.54) is 25.7 Å². The summed E-state index contributed by atoms with van der Waals surface area (Å²) in [6.07, 6.45) is 9.09. The molecule has 0 rings (SSSR count). The maximum atomic E-state index is 11.8. The van der Waals surface area contributed by atoms with E-state index >= 15 is 0 Å². The Morgan fingerprint density at radius 2 is 1.18 bits per heavy atom. The smallest absolute Gasteiger partial charge is 0.309 e. The zero-order valence-electron chi connectivity index (χ0n) is 11.7. The molecule has 0 bridgehead atoms. The molecule has 104 valence electrons. The average molecular weight is 264 g/mol. The van der Waals surface area contributed by atoms with Gasteiger partial charge in [0.1, 0.15) is 0 Å². The molecule has 0 N–H and O–H groups in total. The van der Waals surface area contributed by atoms with Crippen molar-refractivity contribution >= 4 is 7.60 Å². The number of hydrogen-bond donors (Lipinski definition) is 0. The van der Waals surface area contributed by atoms with Crippen molar-refractivity contribution in [3.8, 4) is 0 Å². The molecule has 0 radical (unpaired) electrons. The van der Waals surface area contributed by atoms with Gasteiger partial charge in [-0.1, -0.05) is 52.4 Å². The highest BCUT2D eigenvalue weighted by Gasteiger charge is 2.15. The normalized spacial score (nSPS) is 11.9. The van der Waals surface area contributed by atoms with E-state index < -0.39 is 7.60 Å². The molecule has 0 saturated carbocycles. The van der Waals surface area contributed by atoms with Gasteiger partial charge in [-0.2, -0.15) is 0 Å². The van der Waals surface area contributed by atoms with Gasteiger partial charge in [0.05, 0.1) is 13.2 Å². The van der Waals surface area contributed by atoms with Crippen molar-refractivity contribution in [1.29, 1.82) is 0 Å². The molecule has 4 heteroatoms. The Bertz CT molecular complexity index is 189. The highest BCUT2D eigenvalue weighted by molar-refractivity contribution is 7.52. The first-order chi connectivity index (χ1) is 8.12. The summed E-state index contributed by atoms with van der Waals surface area (Å²) in [5, 5.41) is 0. The fourth-order valence-electron chi connectivity index (χ4n) is 1.56. The van der Waals surface area contributed by atoms with Crippen molar-refractivity contribution < 1.29 is 13.6 Å². The van der Waals surface area contributed by atoms with Crippen molar-refractivity contribution in [2.24, 2.45) is 0 Å². The van der Waals surface area contributed by atoms with Gasteiger partial charge in [0.15, 0.2) is 0 Å². The van der Waals surface area contributed by atoms with E-state index in [0.29, 0.717) is 13.2 Å². The minimum absolute atomic E-state index is 0.558. The van der Waals surface area contributed by atoms with Crippen LogP contribution in [0.4, 0.5) is 0 Å². The lowest BCUT2D eigenvalue weighted by molar-refractivity contribution is 0.202. The lowest BCUT2D eigenvalue weighted by atomic mass is 10.2. The Hall–Kier alpha value is 0.150. The van der Waals surface area contributed by atoms with E-state index in [9.17, 15) is 4.57 Å². The predicted molar refractivity (Wildman–Crippen MR) is 73.7 cm³/mol. The third-order valence-corrected chi connectivity index (χ3v) is 3.95. The van der Waals surface area contributed by atoms with Gasteiger partial charge in [-0.05, 0) is 12.8 Å². The highest BCUT2D eigenvalue weighted by atomic mass is 31.2. The first-order valence-corrected chi connectivity index (χ1v) is 8.98. The summed E-state index contributed by atoms with van der Waals surface area (Å²) in [7, 11) is -2.79. The lowest BCUT2D eigenvalue weighted by Gasteiger charge is -2.14. The van der Waals surface area contributed by atoms with E-state index in [-0.39, 0.29) is 0 Å². The topological polar surface area (TPSA) is 35.5 Å². The van der Waals surface area contributed by atoms with E-state index in [1.807, 2.05) is 0 Å². The van der Waals surface area contributed by atoms with Crippen LogP contribution in [0.3, 0.4) is 0 Å². The fourth-order valence-corrected chi connectivity index (χ4v) is 2.55. The summed E-state index contributed by atoms with van der Waals surface area (Å²) in [4.78, 5) is 0. The van der Waals surface area contributed by atoms with E-state index in [1.54, 1.807) is 6.66 Å². The van der Waals surface area contributed by atoms with Crippen molar-refractivity contribution in [3.05, 3.63) is 0 Å². The largest absolute Gasteiger partial charge is 0.327 e. The molecule has 0 aromatic heterocycles. The van der Waals surface area contributed by atoms with Crippen LogP contribution in [0.5, 0.6) is 0 Å². The van der Waals surface area contributed by atoms with Crippen molar-refractivity contribution in [2.45, 2.75) is 65.2 Å². The fraction of sp³-hybridized carbons (Fsp3) is 1.00. The molecule has 3 nitrogen and oxygen atoms in total. The highest BCUT2D eigenvalue weighted by Crippen LogP contribution is 2.44. The second-order valence-electron chi connectivity index (χ2n) is 4.56. The van der Waals surface area contributed by atoms with E-state index in [2.05, 4.69) is 13.8 Å². The van der Waals surface area contributed by atoms with Crippen LogP contribution >= 0.6 is 7.60 Å². The Labute approximate surface area is 107 Å². The maximum Gasteiger partial charge on any atom is 0.327 e. The summed E-state index contributed by atoms with van der Waals surface area (Å²) in [5.74, 6) is 0. The molecule has 0 amide bonds. The predicted octanol–water partition coefficient (Wildman–Crippen LogP) is 5.00. The monoisotopic (exact) mass is 264 g/mol. The molecular weight excluding hydrogens is 235 g/mol. The van der Waals surface area contributed by atoms with Crippen LogP contribution in [0.25, 0.3) is 0 Å². The molecule has 0 heterocycles. The first kappa shape index (κ1) is 17.2. The molecule has 0 aliphatic rings. The van der Waals surface area contributed by atoms with Gasteiger partial charge in [0.2, 0.25) is 0 Å². The van der Waals surface area contributed by atoms with Crippen LogP contribution in [0, 0.1) is 0 Å². The molecule has 0 fully saturated rings. The Balaban J connectivity index is 3.42. The molecule has 0 atom stereocenters. The molecule has 0 aliphatic heterocycles. The molecule has 0 unspecified atom stereocenters. The molecule has 0 aromatic carbocycles. The third kappa shape index (κ3) is 12.4. The summed E-state index contributed by atoms with van der Waals surface area (Å²) < 4.78 is 22.5. The van der Waals surface area contributed by atoms with Gasteiger partial charge >= 0.3 is 7.60 Å². The van der Waals surface area contributed by atoms with Gasteiger partial charge < -0.3 is 9.05 Å². The van der Waals surface area contributed by atoms with Gasteiger partial charge in [0, 0.05) is 6.66 Å². The van der Waals surface area contributed by atoms with Crippen molar-refractivity contribution in [2.75, 3.05) is 19.9 Å². The number of hydrogen-bond acceptors (Lipinski definition) is 3. The Kier molecular flexibility index (Phi) is 11.4. The lowest BCUT2D eigenvalue weighted by Crippen LogP contribution is -1.98. The van der Waals surface area contributed by atoms with Crippen LogP contribution in [0.15, 0.2) is 0 Å². The second kappa shape index (κ2) is 11.3. The van der Waals surface area contributed by atoms with Crippen LogP contribution in [-0.4, -0.2) is 19.9 Å². The molecular formula is C13H29O3P. The summed E-state index contributed by atoms with van der Waals surface area (Å²) in [5.41, 5.74) is 0. The van der Waals surface area contributed by atoms with Crippen LogP contribution in [0.2, 0.25) is 0 Å². The Morgan fingerprint density at radius 1 is 0.765 bits per heavy atom. The summed E-state index contributed by atoms with van der Waals surface area (Å²) >= 11 is 0. The third-order valence-electron chi connectivity index (χ3n) is 2.65. The molecule has 17 heavy (non-hydrogen) atoms. The molecule has 0 saturated heterocycles. The van der Waals surface area contributed by atoms with Crippen LogP contribution in [0.1, 0.15) is 65.2 Å². The molecule has 0 aliphatic carbocycles. The minimum atomic E-state index is -2.79. The van der Waals surface area contributed by atoms with Gasteiger partial charge in [-0.25, -0.2) is 0 Å². The zero-order valence-corrected chi connectivity index (χ0v) is 12.6.